The van der Waals surface area contributed by atoms with Crippen LogP contribution in [0.3, 0.4) is 0 Å². The maximum Gasteiger partial charge on any atom is 0.253 e. The monoisotopic (exact) mass is 417 g/mol. The van der Waals surface area contributed by atoms with Crippen LogP contribution in [0, 0.1) is 6.92 Å². The van der Waals surface area contributed by atoms with E-state index < -0.39 is 0 Å². The number of nitrogens with zero attached hydrogens (tertiary/aromatic N) is 5. The predicted molar refractivity (Wildman–Crippen MR) is 119 cm³/mol. The van der Waals surface area contributed by atoms with Crippen molar-refractivity contribution in [2.45, 2.75) is 13.0 Å². The van der Waals surface area contributed by atoms with Crippen LogP contribution in [0.1, 0.15) is 27.7 Å². The summed E-state index contributed by atoms with van der Waals surface area (Å²) in [5.74, 6) is 0.0734. The standard InChI is InChI=1S/C23H23N5OS/c1-16-3-5-17(6-4-16)23(29)27-11-10-26(2)21(14-27)22-20-8-7-18(13-28(20)25-24-22)19-9-12-30-15-19/h3-9,12-13,15,21H,10-11,14H2,1-2H3. The molecule has 0 spiro atoms. The van der Waals surface area contributed by atoms with E-state index in [-0.39, 0.29) is 11.9 Å². The molecule has 152 valence electrons. The summed E-state index contributed by atoms with van der Waals surface area (Å²) in [5, 5.41) is 13.1. The molecular formula is C23H23N5OS. The van der Waals surface area contributed by atoms with E-state index in [1.165, 1.54) is 5.56 Å². The van der Waals surface area contributed by atoms with Crippen molar-refractivity contribution in [2.24, 2.45) is 0 Å². The number of rotatable bonds is 3. The van der Waals surface area contributed by atoms with Gasteiger partial charge >= 0.3 is 0 Å². The summed E-state index contributed by atoms with van der Waals surface area (Å²) in [6.07, 6.45) is 2.02. The Morgan fingerprint density at radius 3 is 2.67 bits per heavy atom. The molecule has 1 amide bonds. The maximum absolute atomic E-state index is 13.0. The smallest absolute Gasteiger partial charge is 0.253 e. The highest BCUT2D eigenvalue weighted by molar-refractivity contribution is 7.08. The van der Waals surface area contributed by atoms with Gasteiger partial charge in [-0.1, -0.05) is 29.0 Å². The Bertz CT molecular complexity index is 1180. The lowest BCUT2D eigenvalue weighted by Crippen LogP contribution is -2.49. The number of aromatic nitrogens is 3. The zero-order chi connectivity index (χ0) is 20.7. The van der Waals surface area contributed by atoms with Gasteiger partial charge in [0.25, 0.3) is 5.91 Å². The summed E-state index contributed by atoms with van der Waals surface area (Å²) in [5.41, 5.74) is 6.08. The molecule has 1 fully saturated rings. The van der Waals surface area contributed by atoms with Crippen LogP contribution < -0.4 is 0 Å². The topological polar surface area (TPSA) is 53.7 Å². The van der Waals surface area contributed by atoms with Gasteiger partial charge in [-0.05, 0) is 54.6 Å². The lowest BCUT2D eigenvalue weighted by Gasteiger charge is -2.38. The number of pyridine rings is 1. The zero-order valence-electron chi connectivity index (χ0n) is 17.0. The Morgan fingerprint density at radius 2 is 1.90 bits per heavy atom. The van der Waals surface area contributed by atoms with E-state index in [0.717, 1.165) is 34.4 Å². The minimum Gasteiger partial charge on any atom is -0.335 e. The number of fused-ring (bicyclic) bond motifs is 1. The van der Waals surface area contributed by atoms with Gasteiger partial charge in [0.15, 0.2) is 0 Å². The van der Waals surface area contributed by atoms with Crippen molar-refractivity contribution in [3.8, 4) is 11.1 Å². The van der Waals surface area contributed by atoms with Gasteiger partial charge in [0.1, 0.15) is 5.69 Å². The van der Waals surface area contributed by atoms with Gasteiger partial charge in [-0.2, -0.15) is 11.3 Å². The van der Waals surface area contributed by atoms with Gasteiger partial charge in [-0.25, -0.2) is 4.52 Å². The van der Waals surface area contributed by atoms with E-state index in [0.29, 0.717) is 13.1 Å². The summed E-state index contributed by atoms with van der Waals surface area (Å²) < 4.78 is 1.84. The van der Waals surface area contributed by atoms with Crippen molar-refractivity contribution in [3.05, 3.63) is 76.2 Å². The summed E-state index contributed by atoms with van der Waals surface area (Å²) in [4.78, 5) is 17.2. The number of carbonyl (C=O) groups excluding carboxylic acids is 1. The number of thiophene rings is 1. The highest BCUT2D eigenvalue weighted by Crippen LogP contribution is 2.29. The first-order chi connectivity index (χ1) is 14.6. The molecule has 0 aliphatic carbocycles. The van der Waals surface area contributed by atoms with Crippen LogP contribution in [0.2, 0.25) is 0 Å². The molecule has 0 radical (unpaired) electrons. The Hall–Kier alpha value is -3.03. The first-order valence-electron chi connectivity index (χ1n) is 10.0. The average Bonchev–Trinajstić information content (AvgIpc) is 3.44. The molecule has 4 aromatic rings. The van der Waals surface area contributed by atoms with E-state index >= 15 is 0 Å². The number of aryl methyl sites for hydroxylation is 1. The van der Waals surface area contributed by atoms with Gasteiger partial charge in [0.2, 0.25) is 0 Å². The number of piperazine rings is 1. The molecular weight excluding hydrogens is 394 g/mol. The molecule has 4 heterocycles. The molecule has 6 nitrogen and oxygen atoms in total. The lowest BCUT2D eigenvalue weighted by atomic mass is 10.1. The fraction of sp³-hybridized carbons (Fsp3) is 0.261. The van der Waals surface area contributed by atoms with Gasteiger partial charge in [0.05, 0.1) is 11.6 Å². The third kappa shape index (κ3) is 3.40. The third-order valence-electron chi connectivity index (χ3n) is 5.84. The SMILES string of the molecule is Cc1ccc(C(=O)N2CCN(C)C(c3nnn4cc(-c5ccsc5)ccc34)C2)cc1. The zero-order valence-corrected chi connectivity index (χ0v) is 17.8. The average molecular weight is 418 g/mol. The Morgan fingerprint density at radius 1 is 1.07 bits per heavy atom. The van der Waals surface area contributed by atoms with Crippen LogP contribution in [0.5, 0.6) is 0 Å². The molecule has 1 saturated heterocycles. The molecule has 5 rings (SSSR count). The summed E-state index contributed by atoms with van der Waals surface area (Å²) >= 11 is 1.68. The quantitative estimate of drug-likeness (QED) is 0.507. The van der Waals surface area contributed by atoms with Crippen molar-refractivity contribution in [1.29, 1.82) is 0 Å². The molecule has 1 aliphatic rings. The number of benzene rings is 1. The number of hydrogen-bond acceptors (Lipinski definition) is 5. The van der Waals surface area contributed by atoms with E-state index in [1.54, 1.807) is 11.3 Å². The summed E-state index contributed by atoms with van der Waals surface area (Å²) in [6, 6.07) is 14.1. The molecule has 1 unspecified atom stereocenters. The van der Waals surface area contributed by atoms with Crippen molar-refractivity contribution in [2.75, 3.05) is 26.7 Å². The van der Waals surface area contributed by atoms with Crippen molar-refractivity contribution in [3.63, 3.8) is 0 Å². The summed E-state index contributed by atoms with van der Waals surface area (Å²) in [7, 11) is 2.09. The number of likely N-dealkylation sites (N-methyl/N-ethyl adjacent to an activating group) is 1. The number of hydrogen-bond donors (Lipinski definition) is 0. The normalized spacial score (nSPS) is 17.5. The molecule has 3 aromatic heterocycles. The van der Waals surface area contributed by atoms with Gasteiger partial charge in [-0.15, -0.1) is 5.10 Å². The van der Waals surface area contributed by atoms with E-state index in [9.17, 15) is 4.79 Å². The van der Waals surface area contributed by atoms with Crippen LogP contribution in [-0.2, 0) is 0 Å². The molecule has 0 saturated carbocycles. The van der Waals surface area contributed by atoms with Crippen molar-refractivity contribution >= 4 is 22.8 Å². The van der Waals surface area contributed by atoms with Gasteiger partial charge in [-0.3, -0.25) is 9.69 Å². The molecule has 1 aliphatic heterocycles. The maximum atomic E-state index is 13.0. The molecule has 30 heavy (non-hydrogen) atoms. The fourth-order valence-electron chi connectivity index (χ4n) is 3.98. The van der Waals surface area contributed by atoms with Crippen LogP contribution in [-0.4, -0.2) is 57.2 Å². The second kappa shape index (κ2) is 7.66. The predicted octanol–water partition coefficient (Wildman–Crippen LogP) is 3.90. The number of amides is 1. The van der Waals surface area contributed by atoms with E-state index in [1.807, 2.05) is 46.8 Å². The van der Waals surface area contributed by atoms with Crippen LogP contribution in [0.25, 0.3) is 16.6 Å². The van der Waals surface area contributed by atoms with Crippen molar-refractivity contribution < 1.29 is 4.79 Å². The summed E-state index contributed by atoms with van der Waals surface area (Å²) in [6.45, 7) is 4.14. The highest BCUT2D eigenvalue weighted by atomic mass is 32.1. The second-order valence-electron chi connectivity index (χ2n) is 7.85. The largest absolute Gasteiger partial charge is 0.335 e. The van der Waals surface area contributed by atoms with Crippen LogP contribution in [0.15, 0.2) is 59.4 Å². The molecule has 7 heteroatoms. The molecule has 1 atom stereocenters. The first kappa shape index (κ1) is 19.0. The van der Waals surface area contributed by atoms with E-state index in [2.05, 4.69) is 51.2 Å². The second-order valence-corrected chi connectivity index (χ2v) is 8.63. The van der Waals surface area contributed by atoms with E-state index in [4.69, 9.17) is 0 Å². The molecule has 0 bridgehead atoms. The Balaban J connectivity index is 1.43. The first-order valence-corrected chi connectivity index (χ1v) is 11.0. The van der Waals surface area contributed by atoms with Gasteiger partial charge < -0.3 is 4.90 Å². The van der Waals surface area contributed by atoms with Crippen LogP contribution in [0.4, 0.5) is 0 Å². The van der Waals surface area contributed by atoms with Crippen molar-refractivity contribution in [1.82, 2.24) is 24.6 Å². The fourth-order valence-corrected chi connectivity index (χ4v) is 4.65. The van der Waals surface area contributed by atoms with Crippen LogP contribution >= 0.6 is 11.3 Å². The number of carbonyl (C=O) groups is 1. The molecule has 0 N–H and O–H groups in total. The van der Waals surface area contributed by atoms with Gasteiger partial charge in [0, 0.05) is 37.0 Å². The lowest BCUT2D eigenvalue weighted by molar-refractivity contribution is 0.0542. The third-order valence-corrected chi connectivity index (χ3v) is 6.53. The Labute approximate surface area is 179 Å². The Kier molecular flexibility index (Phi) is 4.84. The minimum atomic E-state index is 0.0117. The molecule has 1 aromatic carbocycles. The minimum absolute atomic E-state index is 0.0117. The highest BCUT2D eigenvalue weighted by Gasteiger charge is 2.31.